The van der Waals surface area contributed by atoms with Gasteiger partial charge in [0.15, 0.2) is 16.4 Å². The molecule has 2 aromatic rings. The van der Waals surface area contributed by atoms with Gasteiger partial charge in [-0.2, -0.15) is 9.78 Å². The van der Waals surface area contributed by atoms with E-state index in [1.165, 1.54) is 4.68 Å². The smallest absolute Gasteiger partial charge is 0.306 e. The van der Waals surface area contributed by atoms with Crippen molar-refractivity contribution >= 4 is 27.5 Å². The summed E-state index contributed by atoms with van der Waals surface area (Å²) in [5, 5.41) is 6.95. The summed E-state index contributed by atoms with van der Waals surface area (Å²) in [5.74, 6) is -0.618. The molecule has 29 heavy (non-hydrogen) atoms. The number of nitrogens with one attached hydrogen (secondary N) is 1. The number of carbonyl (C=O) groups excluding carboxylic acids is 2. The third kappa shape index (κ3) is 5.59. The van der Waals surface area contributed by atoms with Crippen molar-refractivity contribution in [2.45, 2.75) is 33.6 Å². The molecule has 1 saturated heterocycles. The second-order valence-electron chi connectivity index (χ2n) is 7.22. The van der Waals surface area contributed by atoms with Gasteiger partial charge in [-0.3, -0.25) is 9.59 Å². The fraction of sp³-hybridized carbons (Fsp3) is 0.500. The summed E-state index contributed by atoms with van der Waals surface area (Å²) < 4.78 is 29.3. The summed E-state index contributed by atoms with van der Waals surface area (Å²) in [4.78, 5) is 32.8. The van der Waals surface area contributed by atoms with E-state index < -0.39 is 28.3 Å². The van der Waals surface area contributed by atoms with Crippen LogP contribution in [0.15, 0.2) is 12.1 Å². The van der Waals surface area contributed by atoms with Crippen molar-refractivity contribution in [1.29, 1.82) is 0 Å². The Labute approximate surface area is 168 Å². The Morgan fingerprint density at radius 1 is 1.17 bits per heavy atom. The molecule has 10 nitrogen and oxygen atoms in total. The Bertz CT molecular complexity index is 1030. The van der Waals surface area contributed by atoms with Crippen LogP contribution >= 0.6 is 0 Å². The quantitative estimate of drug-likeness (QED) is 0.680. The number of ether oxygens (including phenoxy) is 1. The molecule has 1 N–H and O–H groups in total. The van der Waals surface area contributed by atoms with Gasteiger partial charge in [-0.05, 0) is 39.2 Å². The molecule has 0 aliphatic carbocycles. The number of sulfone groups is 1. The van der Waals surface area contributed by atoms with Gasteiger partial charge < -0.3 is 10.1 Å². The fourth-order valence-electron chi connectivity index (χ4n) is 3.20. The highest BCUT2D eigenvalue weighted by molar-refractivity contribution is 7.91. The summed E-state index contributed by atoms with van der Waals surface area (Å²) >= 11 is 0. The summed E-state index contributed by atoms with van der Waals surface area (Å²) in [6.45, 7) is 4.96. The van der Waals surface area contributed by atoms with E-state index in [0.717, 1.165) is 11.4 Å². The SMILES string of the molecule is Cc1cc(C)nc(-n2nc(C)cc2NC(=O)COC(=O)CC2CCS(=O)(=O)C2)n1. The van der Waals surface area contributed by atoms with Crippen LogP contribution in [0.2, 0.25) is 0 Å². The van der Waals surface area contributed by atoms with Crippen LogP contribution in [0.25, 0.3) is 5.95 Å². The first kappa shape index (κ1) is 20.9. The van der Waals surface area contributed by atoms with E-state index >= 15 is 0 Å². The van der Waals surface area contributed by atoms with E-state index in [2.05, 4.69) is 20.4 Å². The van der Waals surface area contributed by atoms with Gasteiger partial charge in [0.05, 0.1) is 17.2 Å². The minimum Gasteiger partial charge on any atom is -0.456 e. The molecule has 1 unspecified atom stereocenters. The van der Waals surface area contributed by atoms with Crippen LogP contribution in [-0.2, 0) is 24.2 Å². The average Bonchev–Trinajstić information content (AvgIpc) is 3.13. The molecule has 1 atom stereocenters. The van der Waals surface area contributed by atoms with Crippen molar-refractivity contribution < 1.29 is 22.7 Å². The maximum absolute atomic E-state index is 12.2. The molecule has 2 aromatic heterocycles. The standard InChI is InChI=1S/C18H23N5O5S/c1-11-6-12(2)20-18(19-11)23-15(7-13(3)22-23)21-16(24)9-28-17(25)8-14-4-5-29(26,27)10-14/h6-7,14H,4-5,8-10H2,1-3H3,(H,21,24). The molecule has 156 valence electrons. The highest BCUT2D eigenvalue weighted by Gasteiger charge is 2.30. The lowest BCUT2D eigenvalue weighted by molar-refractivity contribution is -0.148. The first-order valence-corrected chi connectivity index (χ1v) is 11.0. The third-order valence-electron chi connectivity index (χ3n) is 4.41. The van der Waals surface area contributed by atoms with Gasteiger partial charge in [-0.15, -0.1) is 0 Å². The molecule has 11 heteroatoms. The van der Waals surface area contributed by atoms with Crippen LogP contribution in [0.4, 0.5) is 5.82 Å². The average molecular weight is 421 g/mol. The number of anilines is 1. The lowest BCUT2D eigenvalue weighted by atomic mass is 10.1. The molecular formula is C18H23N5O5S. The van der Waals surface area contributed by atoms with Gasteiger partial charge in [0.25, 0.3) is 11.9 Å². The van der Waals surface area contributed by atoms with Crippen molar-refractivity contribution in [3.05, 3.63) is 29.2 Å². The fourth-order valence-corrected chi connectivity index (χ4v) is 5.06. The largest absolute Gasteiger partial charge is 0.456 e. The van der Waals surface area contributed by atoms with Crippen LogP contribution in [0.5, 0.6) is 0 Å². The van der Waals surface area contributed by atoms with E-state index in [0.29, 0.717) is 23.9 Å². The molecule has 1 fully saturated rings. The zero-order valence-electron chi connectivity index (χ0n) is 16.5. The van der Waals surface area contributed by atoms with Gasteiger partial charge in [0.2, 0.25) is 0 Å². The summed E-state index contributed by atoms with van der Waals surface area (Å²) in [6, 6.07) is 3.48. The van der Waals surface area contributed by atoms with Gasteiger partial charge in [-0.1, -0.05) is 0 Å². The topological polar surface area (TPSA) is 133 Å². The molecule has 0 bridgehead atoms. The van der Waals surface area contributed by atoms with Crippen molar-refractivity contribution in [2.24, 2.45) is 5.92 Å². The number of carbonyl (C=O) groups is 2. The van der Waals surface area contributed by atoms with Gasteiger partial charge in [0.1, 0.15) is 5.82 Å². The molecule has 1 aliphatic heterocycles. The maximum atomic E-state index is 12.2. The molecule has 1 aliphatic rings. The number of aromatic nitrogens is 4. The number of hydrogen-bond donors (Lipinski definition) is 1. The lowest BCUT2D eigenvalue weighted by Gasteiger charge is -2.10. The molecule has 1 amide bonds. The molecule has 3 rings (SSSR count). The molecular weight excluding hydrogens is 398 g/mol. The molecule has 0 aromatic carbocycles. The number of amides is 1. The predicted molar refractivity (Wildman–Crippen MR) is 104 cm³/mol. The number of nitrogens with zero attached hydrogens (tertiary/aromatic N) is 4. The Balaban J connectivity index is 1.59. The van der Waals surface area contributed by atoms with Gasteiger partial charge in [0, 0.05) is 23.9 Å². The molecule has 3 heterocycles. The highest BCUT2D eigenvalue weighted by Crippen LogP contribution is 2.22. The summed E-state index contributed by atoms with van der Waals surface area (Å²) in [6.07, 6.45) is 0.429. The summed E-state index contributed by atoms with van der Waals surface area (Å²) in [5.41, 5.74) is 2.18. The van der Waals surface area contributed by atoms with E-state index in [1.54, 1.807) is 13.0 Å². The molecule has 0 spiro atoms. The number of esters is 1. The second kappa shape index (κ2) is 8.27. The zero-order chi connectivity index (χ0) is 21.2. The number of hydrogen-bond acceptors (Lipinski definition) is 8. The first-order chi connectivity index (χ1) is 13.6. The number of rotatable bonds is 6. The van der Waals surface area contributed by atoms with Crippen molar-refractivity contribution in [2.75, 3.05) is 23.4 Å². The van der Waals surface area contributed by atoms with E-state index in [9.17, 15) is 18.0 Å². The van der Waals surface area contributed by atoms with E-state index in [-0.39, 0.29) is 23.8 Å². The third-order valence-corrected chi connectivity index (χ3v) is 6.24. The normalized spacial score (nSPS) is 17.8. The highest BCUT2D eigenvalue weighted by atomic mass is 32.2. The summed E-state index contributed by atoms with van der Waals surface area (Å²) in [7, 11) is -3.06. The van der Waals surface area contributed by atoms with Crippen molar-refractivity contribution in [1.82, 2.24) is 19.7 Å². The predicted octanol–water partition coefficient (Wildman–Crippen LogP) is 0.894. The minimum absolute atomic E-state index is 0.0112. The minimum atomic E-state index is -3.06. The Morgan fingerprint density at radius 2 is 1.86 bits per heavy atom. The van der Waals surface area contributed by atoms with E-state index in [4.69, 9.17) is 4.74 Å². The zero-order valence-corrected chi connectivity index (χ0v) is 17.3. The molecule has 0 radical (unpaired) electrons. The van der Waals surface area contributed by atoms with Crippen LogP contribution in [0.1, 0.15) is 29.9 Å². The second-order valence-corrected chi connectivity index (χ2v) is 9.44. The number of aryl methyl sites for hydroxylation is 3. The Kier molecular flexibility index (Phi) is 5.96. The lowest BCUT2D eigenvalue weighted by Crippen LogP contribution is -2.23. The van der Waals surface area contributed by atoms with Gasteiger partial charge >= 0.3 is 5.97 Å². The van der Waals surface area contributed by atoms with E-state index in [1.807, 2.05) is 19.9 Å². The van der Waals surface area contributed by atoms with Crippen LogP contribution < -0.4 is 5.32 Å². The molecule has 0 saturated carbocycles. The van der Waals surface area contributed by atoms with Crippen LogP contribution in [-0.4, -0.2) is 58.2 Å². The van der Waals surface area contributed by atoms with Crippen molar-refractivity contribution in [3.63, 3.8) is 0 Å². The Hall–Kier alpha value is -2.82. The van der Waals surface area contributed by atoms with Crippen LogP contribution in [0, 0.1) is 26.7 Å². The van der Waals surface area contributed by atoms with Crippen molar-refractivity contribution in [3.8, 4) is 5.95 Å². The maximum Gasteiger partial charge on any atom is 0.306 e. The first-order valence-electron chi connectivity index (χ1n) is 9.16. The van der Waals surface area contributed by atoms with Crippen LogP contribution in [0.3, 0.4) is 0 Å². The monoisotopic (exact) mass is 421 g/mol. The van der Waals surface area contributed by atoms with Gasteiger partial charge in [-0.25, -0.2) is 18.4 Å². The Morgan fingerprint density at radius 3 is 2.48 bits per heavy atom.